The summed E-state index contributed by atoms with van der Waals surface area (Å²) in [6, 6.07) is 0.482. The molecule has 1 aliphatic carbocycles. The van der Waals surface area contributed by atoms with Crippen molar-refractivity contribution in [3.8, 4) is 0 Å². The van der Waals surface area contributed by atoms with Gasteiger partial charge in [0.25, 0.3) is 0 Å². The third kappa shape index (κ3) is 3.16. The van der Waals surface area contributed by atoms with Crippen LogP contribution in [0.15, 0.2) is 0 Å². The molecule has 1 saturated carbocycles. The maximum Gasteiger partial charge on any atom is 0.0590 e. The van der Waals surface area contributed by atoms with Crippen molar-refractivity contribution in [2.45, 2.75) is 63.5 Å². The van der Waals surface area contributed by atoms with Crippen LogP contribution in [0, 0.1) is 5.92 Å². The lowest BCUT2D eigenvalue weighted by atomic mass is 9.91. The molecule has 2 aliphatic rings. The van der Waals surface area contributed by atoms with Crippen LogP contribution >= 0.6 is 0 Å². The molecule has 0 aromatic rings. The lowest BCUT2D eigenvalue weighted by Gasteiger charge is -2.29. The SMILES string of the molecule is NNC(CC1CCCCO1)C1CCCC1. The molecule has 2 atom stereocenters. The summed E-state index contributed by atoms with van der Waals surface area (Å²) < 4.78 is 5.77. The summed E-state index contributed by atoms with van der Waals surface area (Å²) in [6.45, 7) is 0.951. The molecule has 0 aromatic heterocycles. The Morgan fingerprint density at radius 2 is 1.87 bits per heavy atom. The fraction of sp³-hybridized carbons (Fsp3) is 1.00. The number of hydrogen-bond donors (Lipinski definition) is 2. The maximum atomic E-state index is 5.77. The van der Waals surface area contributed by atoms with E-state index in [1.807, 2.05) is 0 Å². The average Bonchev–Trinajstić information content (AvgIpc) is 2.81. The van der Waals surface area contributed by atoms with Gasteiger partial charge in [0.1, 0.15) is 0 Å². The second-order valence-corrected chi connectivity index (χ2v) is 5.04. The predicted octanol–water partition coefficient (Wildman–Crippen LogP) is 1.97. The molecule has 1 saturated heterocycles. The van der Waals surface area contributed by atoms with Crippen LogP contribution in [0.25, 0.3) is 0 Å². The van der Waals surface area contributed by atoms with Crippen LogP contribution in [0.1, 0.15) is 51.4 Å². The Morgan fingerprint density at radius 1 is 1.13 bits per heavy atom. The first-order chi connectivity index (χ1) is 7.40. The van der Waals surface area contributed by atoms with E-state index in [1.54, 1.807) is 0 Å². The summed E-state index contributed by atoms with van der Waals surface area (Å²) >= 11 is 0. The summed E-state index contributed by atoms with van der Waals surface area (Å²) in [6.07, 6.45) is 10.8. The molecular formula is C12H24N2O. The van der Waals surface area contributed by atoms with E-state index in [2.05, 4.69) is 5.43 Å². The summed E-state index contributed by atoms with van der Waals surface area (Å²) in [4.78, 5) is 0. The van der Waals surface area contributed by atoms with Crippen LogP contribution in [0.3, 0.4) is 0 Å². The zero-order valence-corrected chi connectivity index (χ0v) is 9.58. The van der Waals surface area contributed by atoms with Crippen molar-refractivity contribution in [3.63, 3.8) is 0 Å². The Bertz CT molecular complexity index is 174. The van der Waals surface area contributed by atoms with Gasteiger partial charge in [0.05, 0.1) is 6.10 Å². The van der Waals surface area contributed by atoms with E-state index in [0.29, 0.717) is 12.1 Å². The summed E-state index contributed by atoms with van der Waals surface area (Å²) in [5.74, 6) is 6.46. The van der Waals surface area contributed by atoms with E-state index in [1.165, 1.54) is 44.9 Å². The summed E-state index contributed by atoms with van der Waals surface area (Å²) in [7, 11) is 0. The highest BCUT2D eigenvalue weighted by Crippen LogP contribution is 2.30. The molecule has 0 spiro atoms. The molecule has 3 heteroatoms. The van der Waals surface area contributed by atoms with Gasteiger partial charge in [0, 0.05) is 12.6 Å². The van der Waals surface area contributed by atoms with E-state index in [-0.39, 0.29) is 0 Å². The third-order valence-electron chi connectivity index (χ3n) is 3.97. The molecule has 1 heterocycles. The van der Waals surface area contributed by atoms with E-state index in [4.69, 9.17) is 10.6 Å². The average molecular weight is 212 g/mol. The van der Waals surface area contributed by atoms with Gasteiger partial charge < -0.3 is 4.74 Å². The lowest BCUT2D eigenvalue weighted by Crippen LogP contribution is -2.43. The van der Waals surface area contributed by atoms with Gasteiger partial charge in [-0.25, -0.2) is 0 Å². The highest BCUT2D eigenvalue weighted by atomic mass is 16.5. The van der Waals surface area contributed by atoms with Crippen LogP contribution in [-0.2, 0) is 4.74 Å². The lowest BCUT2D eigenvalue weighted by molar-refractivity contribution is 0.00125. The first-order valence-electron chi connectivity index (χ1n) is 6.48. The first-order valence-corrected chi connectivity index (χ1v) is 6.48. The van der Waals surface area contributed by atoms with Crippen molar-refractivity contribution in [2.75, 3.05) is 6.61 Å². The van der Waals surface area contributed by atoms with Crippen LogP contribution in [0.4, 0.5) is 0 Å². The number of rotatable bonds is 4. The van der Waals surface area contributed by atoms with Crippen molar-refractivity contribution in [1.29, 1.82) is 0 Å². The van der Waals surface area contributed by atoms with Gasteiger partial charge in [0.15, 0.2) is 0 Å². The van der Waals surface area contributed by atoms with Crippen LogP contribution in [0.2, 0.25) is 0 Å². The minimum Gasteiger partial charge on any atom is -0.378 e. The number of hydrogen-bond acceptors (Lipinski definition) is 3. The number of ether oxygens (including phenoxy) is 1. The minimum atomic E-state index is 0.459. The number of hydrazine groups is 1. The van der Waals surface area contributed by atoms with Crippen LogP contribution in [0.5, 0.6) is 0 Å². The molecule has 2 rings (SSSR count). The zero-order chi connectivity index (χ0) is 10.5. The molecule has 2 fully saturated rings. The van der Waals surface area contributed by atoms with Gasteiger partial charge in [-0.2, -0.15) is 0 Å². The standard InChI is InChI=1S/C12H24N2O/c13-14-12(10-5-1-2-6-10)9-11-7-3-4-8-15-11/h10-12,14H,1-9,13H2. The fourth-order valence-electron chi connectivity index (χ4n) is 3.03. The molecule has 0 radical (unpaired) electrons. The predicted molar refractivity (Wildman–Crippen MR) is 61.3 cm³/mol. The highest BCUT2D eigenvalue weighted by molar-refractivity contribution is 4.82. The minimum absolute atomic E-state index is 0.459. The van der Waals surface area contributed by atoms with Gasteiger partial charge in [-0.3, -0.25) is 11.3 Å². The summed E-state index contributed by atoms with van der Waals surface area (Å²) in [5.41, 5.74) is 3.01. The van der Waals surface area contributed by atoms with E-state index in [9.17, 15) is 0 Å². The van der Waals surface area contributed by atoms with Gasteiger partial charge in [-0.15, -0.1) is 0 Å². The fourth-order valence-corrected chi connectivity index (χ4v) is 3.03. The third-order valence-corrected chi connectivity index (χ3v) is 3.97. The molecule has 1 aliphatic heterocycles. The largest absolute Gasteiger partial charge is 0.378 e. The Kier molecular flexibility index (Phi) is 4.42. The molecule has 3 N–H and O–H groups in total. The molecule has 0 amide bonds. The van der Waals surface area contributed by atoms with Crippen molar-refractivity contribution in [2.24, 2.45) is 11.8 Å². The highest BCUT2D eigenvalue weighted by Gasteiger charge is 2.27. The quantitative estimate of drug-likeness (QED) is 0.553. The Hall–Kier alpha value is -0.120. The van der Waals surface area contributed by atoms with Gasteiger partial charge >= 0.3 is 0 Å². The normalized spacial score (nSPS) is 30.6. The van der Waals surface area contributed by atoms with Crippen molar-refractivity contribution >= 4 is 0 Å². The molecule has 3 nitrogen and oxygen atoms in total. The second-order valence-electron chi connectivity index (χ2n) is 5.04. The smallest absolute Gasteiger partial charge is 0.0590 e. The van der Waals surface area contributed by atoms with Crippen LogP contribution in [-0.4, -0.2) is 18.8 Å². The molecule has 88 valence electrons. The monoisotopic (exact) mass is 212 g/mol. The van der Waals surface area contributed by atoms with Crippen molar-refractivity contribution in [3.05, 3.63) is 0 Å². The topological polar surface area (TPSA) is 47.3 Å². The zero-order valence-electron chi connectivity index (χ0n) is 9.58. The van der Waals surface area contributed by atoms with E-state index < -0.39 is 0 Å². The molecular weight excluding hydrogens is 188 g/mol. The molecule has 2 unspecified atom stereocenters. The maximum absolute atomic E-state index is 5.77. The molecule has 0 aromatic carbocycles. The second kappa shape index (κ2) is 5.83. The summed E-state index contributed by atoms with van der Waals surface area (Å²) in [5, 5.41) is 0. The van der Waals surface area contributed by atoms with Crippen molar-refractivity contribution in [1.82, 2.24) is 5.43 Å². The van der Waals surface area contributed by atoms with Crippen LogP contribution < -0.4 is 11.3 Å². The molecule has 0 bridgehead atoms. The van der Waals surface area contributed by atoms with Gasteiger partial charge in [-0.05, 0) is 44.4 Å². The Balaban J connectivity index is 1.78. The Morgan fingerprint density at radius 3 is 2.47 bits per heavy atom. The van der Waals surface area contributed by atoms with Crippen molar-refractivity contribution < 1.29 is 4.74 Å². The van der Waals surface area contributed by atoms with Gasteiger partial charge in [0.2, 0.25) is 0 Å². The Labute approximate surface area is 92.7 Å². The van der Waals surface area contributed by atoms with E-state index in [0.717, 1.165) is 18.9 Å². The van der Waals surface area contributed by atoms with E-state index >= 15 is 0 Å². The first kappa shape index (κ1) is 11.4. The number of nitrogens with two attached hydrogens (primary N) is 1. The number of nitrogens with one attached hydrogen (secondary N) is 1. The molecule has 15 heavy (non-hydrogen) atoms. The van der Waals surface area contributed by atoms with Gasteiger partial charge in [-0.1, -0.05) is 12.8 Å².